The van der Waals surface area contributed by atoms with Crippen molar-refractivity contribution in [2.75, 3.05) is 22.5 Å². The average Bonchev–Trinajstić information content (AvgIpc) is 3.25. The predicted molar refractivity (Wildman–Crippen MR) is 118 cm³/mol. The Labute approximate surface area is 191 Å². The van der Waals surface area contributed by atoms with Crippen molar-refractivity contribution >= 4 is 28.0 Å². The molecule has 12 heteroatoms. The summed E-state index contributed by atoms with van der Waals surface area (Å²) in [5.74, 6) is -0.967. The molecule has 0 fully saturated rings. The summed E-state index contributed by atoms with van der Waals surface area (Å²) in [4.78, 5) is 10.1. The van der Waals surface area contributed by atoms with Crippen LogP contribution in [0.1, 0.15) is 30.3 Å². The summed E-state index contributed by atoms with van der Waals surface area (Å²) in [6, 6.07) is 8.17. The molecule has 0 bridgehead atoms. The number of alkyl halides is 3. The largest absolute Gasteiger partial charge is 0.451 e. The molecule has 0 saturated carbocycles. The van der Waals surface area contributed by atoms with Crippen molar-refractivity contribution in [1.82, 2.24) is 24.7 Å². The van der Waals surface area contributed by atoms with E-state index in [9.17, 15) is 17.6 Å². The maximum Gasteiger partial charge on any atom is 0.451 e. The highest BCUT2D eigenvalue weighted by Gasteiger charge is 2.41. The Hall–Kier alpha value is -3.96. The smallest absolute Gasteiger partial charge is 0.383 e. The van der Waals surface area contributed by atoms with Crippen LogP contribution in [0, 0.1) is 5.82 Å². The van der Waals surface area contributed by atoms with Crippen LogP contribution in [0.3, 0.4) is 0 Å². The summed E-state index contributed by atoms with van der Waals surface area (Å²) in [5.41, 5.74) is 7.35. The first-order valence-electron chi connectivity index (χ1n) is 10.5. The molecule has 0 radical (unpaired) electrons. The lowest BCUT2D eigenvalue weighted by atomic mass is 10.1. The summed E-state index contributed by atoms with van der Waals surface area (Å²) in [5, 5.41) is 11.9. The van der Waals surface area contributed by atoms with Crippen molar-refractivity contribution in [3.63, 3.8) is 0 Å². The minimum atomic E-state index is -4.58. The van der Waals surface area contributed by atoms with Crippen LogP contribution < -0.4 is 16.0 Å². The Kier molecular flexibility index (Phi) is 5.22. The van der Waals surface area contributed by atoms with Gasteiger partial charge in [-0.2, -0.15) is 13.2 Å². The quantitative estimate of drug-likeness (QED) is 0.431. The maximum absolute atomic E-state index is 14.9. The van der Waals surface area contributed by atoms with E-state index in [4.69, 9.17) is 5.73 Å². The van der Waals surface area contributed by atoms with Gasteiger partial charge in [0.15, 0.2) is 5.82 Å². The number of halogens is 4. The third-order valence-corrected chi connectivity index (χ3v) is 5.96. The molecule has 4 heterocycles. The standard InChI is InChI=1S/C22H20F4N8/c1-12-20-31-32-21(22(24,25)26)34(20)8-7-33(12)13-9-16(23)18(29-10-13)11-30-17-4-2-3-15-14(17)5-6-28-19(15)27/h2-6,9-10,12,30H,7-8,11H2,1H3,(H2,27,28). The van der Waals surface area contributed by atoms with Gasteiger partial charge in [0.05, 0.1) is 30.2 Å². The first kappa shape index (κ1) is 21.9. The van der Waals surface area contributed by atoms with E-state index in [2.05, 4.69) is 25.5 Å². The minimum Gasteiger partial charge on any atom is -0.383 e. The third kappa shape index (κ3) is 3.74. The number of hydrogen-bond donors (Lipinski definition) is 2. The highest BCUT2D eigenvalue weighted by atomic mass is 19.4. The van der Waals surface area contributed by atoms with E-state index in [0.717, 1.165) is 21.0 Å². The summed E-state index contributed by atoms with van der Waals surface area (Å²) >= 11 is 0. The van der Waals surface area contributed by atoms with Gasteiger partial charge in [-0.25, -0.2) is 9.37 Å². The van der Waals surface area contributed by atoms with Crippen LogP contribution in [-0.2, 0) is 19.3 Å². The number of nitrogen functional groups attached to an aromatic ring is 1. The second-order valence-electron chi connectivity index (χ2n) is 7.97. The van der Waals surface area contributed by atoms with Crippen molar-refractivity contribution in [1.29, 1.82) is 0 Å². The fourth-order valence-corrected chi connectivity index (χ4v) is 4.25. The molecule has 1 aromatic carbocycles. The molecule has 1 unspecified atom stereocenters. The normalized spacial score (nSPS) is 16.0. The molecule has 0 saturated heterocycles. The predicted octanol–water partition coefficient (Wildman–Crippen LogP) is 4.15. The van der Waals surface area contributed by atoms with Gasteiger partial charge in [0.1, 0.15) is 11.6 Å². The zero-order valence-electron chi connectivity index (χ0n) is 18.0. The molecule has 0 amide bonds. The van der Waals surface area contributed by atoms with E-state index in [1.807, 2.05) is 24.3 Å². The number of pyridine rings is 2. The molecule has 1 aliphatic rings. The van der Waals surface area contributed by atoms with Crippen molar-refractivity contribution in [3.05, 3.63) is 65.9 Å². The van der Waals surface area contributed by atoms with E-state index in [1.165, 1.54) is 12.3 Å². The molecule has 1 atom stereocenters. The van der Waals surface area contributed by atoms with Gasteiger partial charge in [0.2, 0.25) is 5.82 Å². The lowest BCUT2D eigenvalue weighted by Crippen LogP contribution is -2.38. The second-order valence-corrected chi connectivity index (χ2v) is 7.97. The number of hydrogen-bond acceptors (Lipinski definition) is 7. The average molecular weight is 472 g/mol. The van der Waals surface area contributed by atoms with Gasteiger partial charge in [-0.1, -0.05) is 12.1 Å². The van der Waals surface area contributed by atoms with Crippen LogP contribution in [0.4, 0.5) is 34.8 Å². The third-order valence-electron chi connectivity index (χ3n) is 5.96. The first-order valence-corrected chi connectivity index (χ1v) is 10.5. The maximum atomic E-state index is 14.9. The SMILES string of the molecule is CC1c2nnc(C(F)(F)F)n2CCN1c1cnc(CNc2cccc3c(N)nccc23)c(F)c1. The summed E-state index contributed by atoms with van der Waals surface area (Å²) in [6.07, 6.45) is -1.46. The molecule has 5 rings (SSSR count). The van der Waals surface area contributed by atoms with Gasteiger partial charge in [-0.05, 0) is 19.1 Å². The Morgan fingerprint density at radius 1 is 1.12 bits per heavy atom. The van der Waals surface area contributed by atoms with Gasteiger partial charge >= 0.3 is 6.18 Å². The van der Waals surface area contributed by atoms with Crippen molar-refractivity contribution < 1.29 is 17.6 Å². The van der Waals surface area contributed by atoms with Crippen molar-refractivity contribution in [2.45, 2.75) is 32.2 Å². The molecule has 0 aliphatic carbocycles. The Morgan fingerprint density at radius 3 is 2.71 bits per heavy atom. The molecule has 176 valence electrons. The van der Waals surface area contributed by atoms with Gasteiger partial charge in [0.25, 0.3) is 0 Å². The lowest BCUT2D eigenvalue weighted by Gasteiger charge is -2.35. The van der Waals surface area contributed by atoms with Gasteiger partial charge < -0.3 is 20.5 Å². The Morgan fingerprint density at radius 2 is 1.94 bits per heavy atom. The van der Waals surface area contributed by atoms with Gasteiger partial charge in [0, 0.05) is 41.8 Å². The number of anilines is 3. The Bertz CT molecular complexity index is 1370. The highest BCUT2D eigenvalue weighted by Crippen LogP contribution is 2.35. The number of benzene rings is 1. The number of rotatable bonds is 4. The number of aromatic nitrogens is 5. The minimum absolute atomic E-state index is 0.0332. The van der Waals surface area contributed by atoms with Crippen LogP contribution >= 0.6 is 0 Å². The van der Waals surface area contributed by atoms with Crippen molar-refractivity contribution in [2.24, 2.45) is 0 Å². The van der Waals surface area contributed by atoms with Crippen LogP contribution in [-0.4, -0.2) is 31.3 Å². The molecular formula is C22H20F4N8. The van der Waals surface area contributed by atoms with E-state index < -0.39 is 23.9 Å². The highest BCUT2D eigenvalue weighted by molar-refractivity contribution is 5.99. The van der Waals surface area contributed by atoms with E-state index in [-0.39, 0.29) is 31.2 Å². The number of nitrogens with two attached hydrogens (primary N) is 1. The summed E-state index contributed by atoms with van der Waals surface area (Å²) in [6.45, 7) is 2.10. The number of nitrogens with zero attached hydrogens (tertiary/aromatic N) is 6. The topological polar surface area (TPSA) is 97.8 Å². The van der Waals surface area contributed by atoms with E-state index in [0.29, 0.717) is 11.5 Å². The summed E-state index contributed by atoms with van der Waals surface area (Å²) < 4.78 is 55.4. The first-order chi connectivity index (χ1) is 16.2. The Balaban J connectivity index is 1.35. The lowest BCUT2D eigenvalue weighted by molar-refractivity contribution is -0.147. The number of nitrogens with one attached hydrogen (secondary N) is 1. The second kappa shape index (κ2) is 8.12. The van der Waals surface area contributed by atoms with Crippen LogP contribution in [0.15, 0.2) is 42.7 Å². The molecule has 34 heavy (non-hydrogen) atoms. The molecule has 1 aliphatic heterocycles. The van der Waals surface area contributed by atoms with Crippen LogP contribution in [0.5, 0.6) is 0 Å². The molecular weight excluding hydrogens is 452 g/mol. The molecule has 4 aromatic rings. The monoisotopic (exact) mass is 472 g/mol. The zero-order chi connectivity index (χ0) is 24.0. The molecule has 0 spiro atoms. The fraction of sp³-hybridized carbons (Fsp3) is 0.273. The number of fused-ring (bicyclic) bond motifs is 2. The zero-order valence-corrected chi connectivity index (χ0v) is 18.0. The fourth-order valence-electron chi connectivity index (χ4n) is 4.25. The van der Waals surface area contributed by atoms with Crippen molar-refractivity contribution in [3.8, 4) is 0 Å². The van der Waals surface area contributed by atoms with E-state index >= 15 is 0 Å². The van der Waals surface area contributed by atoms with Crippen LogP contribution in [0.2, 0.25) is 0 Å². The molecule has 3 aromatic heterocycles. The molecule has 8 nitrogen and oxygen atoms in total. The van der Waals surface area contributed by atoms with Gasteiger partial charge in [-0.3, -0.25) is 4.98 Å². The van der Waals surface area contributed by atoms with Gasteiger partial charge in [-0.15, -0.1) is 10.2 Å². The van der Waals surface area contributed by atoms with Crippen LogP contribution in [0.25, 0.3) is 10.8 Å². The summed E-state index contributed by atoms with van der Waals surface area (Å²) in [7, 11) is 0. The molecule has 3 N–H and O–H groups in total. The van der Waals surface area contributed by atoms with E-state index in [1.54, 1.807) is 18.0 Å².